The van der Waals surface area contributed by atoms with E-state index in [9.17, 15) is 4.79 Å². The largest absolute Gasteiger partial charge is 0.473 e. The monoisotopic (exact) mass is 298 g/mol. The molecule has 2 rings (SSSR count). The molecule has 22 heavy (non-hydrogen) atoms. The van der Waals surface area contributed by atoms with Gasteiger partial charge in [-0.25, -0.2) is 4.79 Å². The standard InChI is InChI=1S/C18H22N2O2/c1-12-5-8-17(15(4)9-12)20-18(21)19-11-22-16-7-6-13(2)14(3)10-16/h5-10H,11H2,1-4H3,(H2,19,20,21). The van der Waals surface area contributed by atoms with Crippen LogP contribution in [0.5, 0.6) is 5.75 Å². The first kappa shape index (κ1) is 15.9. The predicted molar refractivity (Wildman–Crippen MR) is 89.5 cm³/mol. The fourth-order valence-electron chi connectivity index (χ4n) is 2.11. The predicted octanol–water partition coefficient (Wildman–Crippen LogP) is 4.08. The van der Waals surface area contributed by atoms with Gasteiger partial charge in [-0.15, -0.1) is 0 Å². The van der Waals surface area contributed by atoms with Crippen molar-refractivity contribution in [2.45, 2.75) is 27.7 Å². The summed E-state index contributed by atoms with van der Waals surface area (Å²) in [5.74, 6) is 0.745. The average Bonchev–Trinajstić information content (AvgIpc) is 2.46. The number of aryl methyl sites for hydroxylation is 4. The lowest BCUT2D eigenvalue weighted by molar-refractivity contribution is 0.234. The summed E-state index contributed by atoms with van der Waals surface area (Å²) in [5, 5.41) is 5.50. The van der Waals surface area contributed by atoms with Crippen molar-refractivity contribution in [2.24, 2.45) is 0 Å². The zero-order valence-electron chi connectivity index (χ0n) is 13.5. The molecule has 0 heterocycles. The Morgan fingerprint density at radius 3 is 2.41 bits per heavy atom. The highest BCUT2D eigenvalue weighted by atomic mass is 16.5. The summed E-state index contributed by atoms with van der Waals surface area (Å²) in [7, 11) is 0. The number of anilines is 1. The number of urea groups is 1. The van der Waals surface area contributed by atoms with Crippen molar-refractivity contribution >= 4 is 11.7 Å². The molecular weight excluding hydrogens is 276 g/mol. The number of hydrogen-bond acceptors (Lipinski definition) is 2. The van der Waals surface area contributed by atoms with Gasteiger partial charge >= 0.3 is 6.03 Å². The SMILES string of the molecule is Cc1ccc(NC(=O)NCOc2ccc(C)c(C)c2)c(C)c1. The molecule has 0 saturated carbocycles. The second-order valence-corrected chi connectivity index (χ2v) is 5.48. The first-order chi connectivity index (χ1) is 10.5. The summed E-state index contributed by atoms with van der Waals surface area (Å²) in [5.41, 5.74) is 5.38. The van der Waals surface area contributed by atoms with E-state index in [0.717, 1.165) is 22.6 Å². The van der Waals surface area contributed by atoms with Crippen molar-refractivity contribution in [3.63, 3.8) is 0 Å². The molecule has 0 aliphatic carbocycles. The molecule has 116 valence electrons. The molecule has 0 aromatic heterocycles. The molecule has 0 saturated heterocycles. The highest BCUT2D eigenvalue weighted by Crippen LogP contribution is 2.17. The van der Waals surface area contributed by atoms with E-state index in [-0.39, 0.29) is 12.8 Å². The zero-order valence-corrected chi connectivity index (χ0v) is 13.5. The smallest absolute Gasteiger partial charge is 0.321 e. The van der Waals surface area contributed by atoms with Gasteiger partial charge < -0.3 is 15.4 Å². The van der Waals surface area contributed by atoms with E-state index in [4.69, 9.17) is 4.74 Å². The Morgan fingerprint density at radius 2 is 1.73 bits per heavy atom. The van der Waals surface area contributed by atoms with Crippen molar-refractivity contribution in [1.29, 1.82) is 0 Å². The normalized spacial score (nSPS) is 10.2. The van der Waals surface area contributed by atoms with Crippen LogP contribution in [0.1, 0.15) is 22.3 Å². The van der Waals surface area contributed by atoms with Gasteiger partial charge in [0.15, 0.2) is 6.73 Å². The molecule has 2 N–H and O–H groups in total. The Hall–Kier alpha value is -2.49. The number of carbonyl (C=O) groups excluding carboxylic acids is 1. The summed E-state index contributed by atoms with van der Waals surface area (Å²) >= 11 is 0. The van der Waals surface area contributed by atoms with E-state index < -0.39 is 0 Å². The van der Waals surface area contributed by atoms with E-state index in [1.807, 2.05) is 57.2 Å². The van der Waals surface area contributed by atoms with Crippen LogP contribution < -0.4 is 15.4 Å². The highest BCUT2D eigenvalue weighted by Gasteiger charge is 2.04. The van der Waals surface area contributed by atoms with Gasteiger partial charge in [0.05, 0.1) is 0 Å². The maximum Gasteiger partial charge on any atom is 0.321 e. The fraction of sp³-hybridized carbons (Fsp3) is 0.278. The van der Waals surface area contributed by atoms with Crippen LogP contribution in [0.4, 0.5) is 10.5 Å². The Kier molecular flexibility index (Phi) is 5.04. The van der Waals surface area contributed by atoms with Gasteiger partial charge in [0.25, 0.3) is 0 Å². The van der Waals surface area contributed by atoms with Gasteiger partial charge in [0.2, 0.25) is 0 Å². The lowest BCUT2D eigenvalue weighted by Gasteiger charge is -2.12. The second kappa shape index (κ2) is 6.98. The van der Waals surface area contributed by atoms with Gasteiger partial charge in [-0.3, -0.25) is 0 Å². The summed E-state index contributed by atoms with van der Waals surface area (Å²) in [6.07, 6.45) is 0. The molecule has 4 nitrogen and oxygen atoms in total. The van der Waals surface area contributed by atoms with E-state index in [2.05, 4.69) is 17.6 Å². The molecule has 4 heteroatoms. The van der Waals surface area contributed by atoms with E-state index in [0.29, 0.717) is 0 Å². The molecule has 0 spiro atoms. The van der Waals surface area contributed by atoms with E-state index >= 15 is 0 Å². The van der Waals surface area contributed by atoms with Gasteiger partial charge in [-0.1, -0.05) is 23.8 Å². The van der Waals surface area contributed by atoms with Crippen molar-refractivity contribution in [3.8, 4) is 5.75 Å². The average molecular weight is 298 g/mol. The summed E-state index contributed by atoms with van der Waals surface area (Å²) in [4.78, 5) is 11.9. The summed E-state index contributed by atoms with van der Waals surface area (Å²) in [6, 6.07) is 11.5. The third-order valence-electron chi connectivity index (χ3n) is 3.58. The number of carbonyl (C=O) groups is 1. The Balaban J connectivity index is 1.83. The van der Waals surface area contributed by atoms with Gasteiger partial charge in [0, 0.05) is 5.69 Å². The Bertz CT molecular complexity index is 681. The molecule has 0 aliphatic rings. The van der Waals surface area contributed by atoms with Crippen LogP contribution in [0.25, 0.3) is 0 Å². The van der Waals surface area contributed by atoms with Gasteiger partial charge in [-0.05, 0) is 62.6 Å². The van der Waals surface area contributed by atoms with E-state index in [1.165, 1.54) is 11.1 Å². The topological polar surface area (TPSA) is 50.4 Å². The van der Waals surface area contributed by atoms with Crippen molar-refractivity contribution in [2.75, 3.05) is 12.0 Å². The molecule has 0 aliphatic heterocycles. The lowest BCUT2D eigenvalue weighted by Crippen LogP contribution is -2.32. The molecular formula is C18H22N2O2. The van der Waals surface area contributed by atoms with Crippen LogP contribution in [0, 0.1) is 27.7 Å². The van der Waals surface area contributed by atoms with Crippen molar-refractivity contribution < 1.29 is 9.53 Å². The Morgan fingerprint density at radius 1 is 0.955 bits per heavy atom. The molecule has 0 atom stereocenters. The molecule has 0 fully saturated rings. The minimum atomic E-state index is -0.282. The molecule has 2 aromatic carbocycles. The molecule has 2 amide bonds. The fourth-order valence-corrected chi connectivity index (χ4v) is 2.11. The first-order valence-electron chi connectivity index (χ1n) is 7.28. The number of ether oxygens (including phenoxy) is 1. The summed E-state index contributed by atoms with van der Waals surface area (Å²) < 4.78 is 5.53. The van der Waals surface area contributed by atoms with Crippen LogP contribution in [0.15, 0.2) is 36.4 Å². The molecule has 0 bridgehead atoms. The third kappa shape index (κ3) is 4.25. The lowest BCUT2D eigenvalue weighted by atomic mass is 10.1. The maximum absolute atomic E-state index is 11.9. The minimum absolute atomic E-state index is 0.124. The first-order valence-corrected chi connectivity index (χ1v) is 7.28. The van der Waals surface area contributed by atoms with Crippen LogP contribution in [0.3, 0.4) is 0 Å². The van der Waals surface area contributed by atoms with E-state index in [1.54, 1.807) is 0 Å². The van der Waals surface area contributed by atoms with Crippen LogP contribution in [0.2, 0.25) is 0 Å². The summed E-state index contributed by atoms with van der Waals surface area (Å²) in [6.45, 7) is 8.19. The van der Waals surface area contributed by atoms with Crippen LogP contribution >= 0.6 is 0 Å². The minimum Gasteiger partial charge on any atom is -0.473 e. The molecule has 0 radical (unpaired) electrons. The number of nitrogens with one attached hydrogen (secondary N) is 2. The molecule has 2 aromatic rings. The number of amides is 2. The van der Waals surface area contributed by atoms with Crippen LogP contribution in [-0.4, -0.2) is 12.8 Å². The highest BCUT2D eigenvalue weighted by molar-refractivity contribution is 5.90. The van der Waals surface area contributed by atoms with Gasteiger partial charge in [0.1, 0.15) is 5.75 Å². The second-order valence-electron chi connectivity index (χ2n) is 5.48. The van der Waals surface area contributed by atoms with Gasteiger partial charge in [-0.2, -0.15) is 0 Å². The number of hydrogen-bond donors (Lipinski definition) is 2. The van der Waals surface area contributed by atoms with Crippen LogP contribution in [-0.2, 0) is 0 Å². The third-order valence-corrected chi connectivity index (χ3v) is 3.58. The number of rotatable bonds is 4. The molecule has 0 unspecified atom stereocenters. The Labute approximate surface area is 131 Å². The van der Waals surface area contributed by atoms with Crippen molar-refractivity contribution in [3.05, 3.63) is 58.7 Å². The number of benzene rings is 2. The maximum atomic E-state index is 11.9. The van der Waals surface area contributed by atoms with Crippen molar-refractivity contribution in [1.82, 2.24) is 5.32 Å². The zero-order chi connectivity index (χ0) is 16.1. The quantitative estimate of drug-likeness (QED) is 0.836.